The van der Waals surface area contributed by atoms with Gasteiger partial charge in [0, 0.05) is 48.9 Å². The number of benzene rings is 1. The van der Waals surface area contributed by atoms with Crippen LogP contribution in [0, 0.1) is 5.92 Å². The molecule has 3 aliphatic heterocycles. The number of anilines is 2. The Morgan fingerprint density at radius 1 is 1.21 bits per heavy atom. The first kappa shape index (κ1) is 22.0. The molecule has 0 saturated carbocycles. The lowest BCUT2D eigenvalue weighted by Crippen LogP contribution is -2.35. The van der Waals surface area contributed by atoms with E-state index < -0.39 is 5.92 Å². The van der Waals surface area contributed by atoms with Crippen LogP contribution in [0.15, 0.2) is 30.3 Å². The highest BCUT2D eigenvalue weighted by molar-refractivity contribution is 7.98. The lowest BCUT2D eigenvalue weighted by molar-refractivity contribution is -0.123. The molecule has 2 unspecified atom stereocenters. The number of nitrogens with zero attached hydrogens (tertiary/aromatic N) is 3. The van der Waals surface area contributed by atoms with Gasteiger partial charge >= 0.3 is 0 Å². The van der Waals surface area contributed by atoms with E-state index in [9.17, 15) is 14.4 Å². The van der Waals surface area contributed by atoms with E-state index in [-0.39, 0.29) is 36.8 Å². The van der Waals surface area contributed by atoms with E-state index in [2.05, 4.69) is 15.7 Å². The number of ether oxygens (including phenoxy) is 1. The van der Waals surface area contributed by atoms with E-state index in [1.165, 1.54) is 0 Å². The molecule has 2 atom stereocenters. The minimum Gasteiger partial charge on any atom is -0.376 e. The van der Waals surface area contributed by atoms with Gasteiger partial charge in [-0.2, -0.15) is 16.9 Å². The third-order valence-electron chi connectivity index (χ3n) is 6.27. The smallest absolute Gasteiger partial charge is 0.241 e. The van der Waals surface area contributed by atoms with Gasteiger partial charge in [-0.15, -0.1) is 0 Å². The Labute approximate surface area is 196 Å². The lowest BCUT2D eigenvalue weighted by atomic mass is 10.1. The van der Waals surface area contributed by atoms with Crippen molar-refractivity contribution < 1.29 is 19.1 Å². The number of hydrogen-bond acceptors (Lipinski definition) is 6. The van der Waals surface area contributed by atoms with Crippen molar-refractivity contribution >= 4 is 41.0 Å². The summed E-state index contributed by atoms with van der Waals surface area (Å²) in [5.41, 5.74) is 2.66. The maximum atomic E-state index is 13.1. The van der Waals surface area contributed by atoms with Crippen molar-refractivity contribution in [2.75, 3.05) is 29.9 Å². The fraction of sp³-hybridized carbons (Fsp3) is 0.478. The molecule has 4 heterocycles. The van der Waals surface area contributed by atoms with Gasteiger partial charge < -0.3 is 20.3 Å². The molecule has 0 bridgehead atoms. The first-order valence-electron chi connectivity index (χ1n) is 11.3. The molecule has 0 radical (unpaired) electrons. The van der Waals surface area contributed by atoms with Crippen LogP contribution < -0.4 is 15.5 Å². The zero-order chi connectivity index (χ0) is 22.8. The number of nitrogens with one attached hydrogen (secondary N) is 2. The molecular weight excluding hydrogens is 442 g/mol. The Bertz CT molecular complexity index is 1050. The minimum atomic E-state index is -0.459. The van der Waals surface area contributed by atoms with Crippen molar-refractivity contribution in [2.24, 2.45) is 5.92 Å². The van der Waals surface area contributed by atoms with Gasteiger partial charge in [0.15, 0.2) is 0 Å². The summed E-state index contributed by atoms with van der Waals surface area (Å²) in [5, 5.41) is 10.5. The summed E-state index contributed by atoms with van der Waals surface area (Å²) in [6.07, 6.45) is 2.20. The maximum absolute atomic E-state index is 13.1. The van der Waals surface area contributed by atoms with Crippen LogP contribution in [0.3, 0.4) is 0 Å². The van der Waals surface area contributed by atoms with Crippen LogP contribution in [0.2, 0.25) is 0 Å². The van der Waals surface area contributed by atoms with Crippen molar-refractivity contribution in [2.45, 2.75) is 43.4 Å². The first-order chi connectivity index (χ1) is 16.1. The molecule has 2 fully saturated rings. The van der Waals surface area contributed by atoms with Crippen LogP contribution in [0.4, 0.5) is 11.5 Å². The van der Waals surface area contributed by atoms with Gasteiger partial charge in [-0.05, 0) is 25.0 Å². The Morgan fingerprint density at radius 3 is 2.85 bits per heavy atom. The third-order valence-corrected chi connectivity index (χ3v) is 7.24. The largest absolute Gasteiger partial charge is 0.376 e. The van der Waals surface area contributed by atoms with Crippen LogP contribution in [-0.2, 0) is 37.2 Å². The number of thioether (sulfide) groups is 1. The van der Waals surface area contributed by atoms with Crippen molar-refractivity contribution in [3.8, 4) is 0 Å². The normalized spacial score (nSPS) is 21.9. The second-order valence-corrected chi connectivity index (χ2v) is 9.58. The summed E-state index contributed by atoms with van der Waals surface area (Å²) in [5.74, 6) is 1.15. The fourth-order valence-corrected chi connectivity index (χ4v) is 5.54. The molecular formula is C23H27N5O4S. The molecule has 0 spiro atoms. The van der Waals surface area contributed by atoms with Crippen molar-refractivity contribution in [3.05, 3.63) is 41.6 Å². The molecule has 1 aromatic carbocycles. The van der Waals surface area contributed by atoms with E-state index >= 15 is 0 Å². The van der Waals surface area contributed by atoms with E-state index in [0.29, 0.717) is 18.9 Å². The van der Waals surface area contributed by atoms with Crippen molar-refractivity contribution in [1.29, 1.82) is 0 Å². The van der Waals surface area contributed by atoms with Gasteiger partial charge in [0.2, 0.25) is 17.7 Å². The van der Waals surface area contributed by atoms with E-state index in [0.717, 1.165) is 47.9 Å². The van der Waals surface area contributed by atoms with Crippen molar-refractivity contribution in [3.63, 3.8) is 0 Å². The lowest BCUT2D eigenvalue weighted by Gasteiger charge is -2.17. The Morgan fingerprint density at radius 2 is 2.06 bits per heavy atom. The number of hydrogen-bond donors (Lipinski definition) is 2. The van der Waals surface area contributed by atoms with Gasteiger partial charge in [0.25, 0.3) is 0 Å². The molecule has 2 aromatic rings. The van der Waals surface area contributed by atoms with E-state index in [1.807, 2.05) is 30.3 Å². The molecule has 3 aliphatic rings. The molecule has 2 N–H and O–H groups in total. The Kier molecular flexibility index (Phi) is 6.37. The first-order valence-corrected chi connectivity index (χ1v) is 12.4. The number of para-hydroxylation sites is 1. The molecule has 33 heavy (non-hydrogen) atoms. The predicted molar refractivity (Wildman–Crippen MR) is 125 cm³/mol. The second-order valence-electron chi connectivity index (χ2n) is 8.59. The summed E-state index contributed by atoms with van der Waals surface area (Å²) in [7, 11) is 0. The highest BCUT2D eigenvalue weighted by Crippen LogP contribution is 2.35. The third kappa shape index (κ3) is 4.77. The number of fused-ring (bicyclic) bond motifs is 1. The van der Waals surface area contributed by atoms with Crippen LogP contribution in [0.25, 0.3) is 0 Å². The van der Waals surface area contributed by atoms with Gasteiger partial charge in [0.05, 0.1) is 17.7 Å². The van der Waals surface area contributed by atoms with Crippen LogP contribution in [0.1, 0.15) is 30.5 Å². The molecule has 2 saturated heterocycles. The monoisotopic (exact) mass is 469 g/mol. The van der Waals surface area contributed by atoms with Gasteiger partial charge in [-0.3, -0.25) is 14.4 Å². The number of amides is 3. The highest BCUT2D eigenvalue weighted by atomic mass is 32.2. The molecule has 174 valence electrons. The number of rotatable bonds is 7. The predicted octanol–water partition coefficient (Wildman–Crippen LogP) is 1.92. The number of aromatic nitrogens is 2. The topological polar surface area (TPSA) is 106 Å². The van der Waals surface area contributed by atoms with Crippen LogP contribution in [0.5, 0.6) is 0 Å². The summed E-state index contributed by atoms with van der Waals surface area (Å²) in [4.78, 5) is 39.8. The zero-order valence-electron chi connectivity index (χ0n) is 18.3. The molecule has 5 rings (SSSR count). The average molecular weight is 470 g/mol. The second kappa shape index (κ2) is 9.56. The van der Waals surface area contributed by atoms with Gasteiger partial charge in [0.1, 0.15) is 12.4 Å². The quantitative estimate of drug-likeness (QED) is 0.642. The Balaban J connectivity index is 1.25. The van der Waals surface area contributed by atoms with Gasteiger partial charge in [-0.1, -0.05) is 18.2 Å². The van der Waals surface area contributed by atoms with Crippen LogP contribution >= 0.6 is 11.8 Å². The molecule has 3 amide bonds. The minimum absolute atomic E-state index is 0.0275. The highest BCUT2D eigenvalue weighted by Gasteiger charge is 2.36. The average Bonchev–Trinajstić information content (AvgIpc) is 3.60. The summed E-state index contributed by atoms with van der Waals surface area (Å²) in [6, 6.07) is 9.38. The molecule has 9 nitrogen and oxygen atoms in total. The van der Waals surface area contributed by atoms with E-state index in [4.69, 9.17) is 4.74 Å². The summed E-state index contributed by atoms with van der Waals surface area (Å²) < 4.78 is 7.14. The molecule has 0 aliphatic carbocycles. The van der Waals surface area contributed by atoms with Gasteiger partial charge in [-0.25, -0.2) is 4.68 Å². The summed E-state index contributed by atoms with van der Waals surface area (Å²) in [6.45, 7) is 1.59. The fourth-order valence-electron chi connectivity index (χ4n) is 4.50. The van der Waals surface area contributed by atoms with E-state index in [1.54, 1.807) is 21.3 Å². The number of carbonyl (C=O) groups excluding carboxylic acids is 3. The molecule has 1 aromatic heterocycles. The Hall–Kier alpha value is -2.85. The maximum Gasteiger partial charge on any atom is 0.241 e. The summed E-state index contributed by atoms with van der Waals surface area (Å²) >= 11 is 1.73. The molecule has 10 heteroatoms. The SMILES string of the molecule is O=C(Cn1nc2c(c1NC(=O)C1CC(=O)N(c3ccccc3)C1)CSC2)NCC1CCCO1. The standard InChI is InChI=1S/C23H27N5O4S/c29-20(24-10-17-7-4-8-32-17)12-28-22(18-13-33-14-19(18)26-28)25-23(31)15-9-21(30)27(11-15)16-5-2-1-3-6-16/h1-3,5-6,15,17H,4,7-14H2,(H,24,29)(H,25,31). The number of carbonyl (C=O) groups is 3. The zero-order valence-corrected chi connectivity index (χ0v) is 19.1. The van der Waals surface area contributed by atoms with Crippen molar-refractivity contribution in [1.82, 2.24) is 15.1 Å². The van der Waals surface area contributed by atoms with Crippen LogP contribution in [-0.4, -0.2) is 53.3 Å².